The average Bonchev–Trinajstić information content (AvgIpc) is 2.91. The van der Waals surface area contributed by atoms with Gasteiger partial charge in [0.05, 0.1) is 5.71 Å². The number of hydrogen-bond donors (Lipinski definition) is 0. The first-order valence-electron chi connectivity index (χ1n) is 11.2. The molecule has 0 N–H and O–H groups in total. The maximum atomic E-state index is 6.52. The first-order chi connectivity index (χ1) is 12.7. The van der Waals surface area contributed by atoms with Gasteiger partial charge < -0.3 is 9.26 Å². The number of fused-ring (bicyclic) bond motifs is 5. The Kier molecular flexibility index (Phi) is 4.90. The van der Waals surface area contributed by atoms with Gasteiger partial charge in [0.2, 0.25) is 0 Å². The highest BCUT2D eigenvalue weighted by molar-refractivity contribution is 6.69. The van der Waals surface area contributed by atoms with Crippen molar-refractivity contribution in [2.24, 2.45) is 33.7 Å². The number of allylic oxidation sites excluding steroid dienone is 2. The van der Waals surface area contributed by atoms with Crippen LogP contribution in [0.15, 0.2) is 16.8 Å². The monoisotopic (exact) mass is 389 g/mol. The van der Waals surface area contributed by atoms with Crippen LogP contribution in [-0.4, -0.2) is 27.2 Å². The molecule has 4 aliphatic rings. The molecule has 4 rings (SSSR count). The van der Waals surface area contributed by atoms with E-state index in [-0.39, 0.29) is 5.41 Å². The van der Waals surface area contributed by atoms with Crippen LogP contribution in [0.2, 0.25) is 19.6 Å². The normalized spacial score (nSPS) is 45.7. The van der Waals surface area contributed by atoms with E-state index in [1.165, 1.54) is 44.2 Å². The van der Waals surface area contributed by atoms with Gasteiger partial charge in [-0.15, -0.1) is 0 Å². The van der Waals surface area contributed by atoms with Gasteiger partial charge in [0.15, 0.2) is 8.32 Å². The number of nitrogens with zero attached hydrogens (tertiary/aromatic N) is 1. The van der Waals surface area contributed by atoms with Crippen molar-refractivity contribution in [3.05, 3.63) is 11.6 Å². The molecule has 6 unspecified atom stereocenters. The summed E-state index contributed by atoms with van der Waals surface area (Å²) < 4.78 is 6.52. The Morgan fingerprint density at radius 1 is 1.07 bits per heavy atom. The summed E-state index contributed by atoms with van der Waals surface area (Å²) in [7, 11) is 0.253. The van der Waals surface area contributed by atoms with E-state index < -0.39 is 8.32 Å². The van der Waals surface area contributed by atoms with Gasteiger partial charge in [-0.1, -0.05) is 30.7 Å². The maximum absolute atomic E-state index is 6.52. The molecule has 0 spiro atoms. The highest BCUT2D eigenvalue weighted by atomic mass is 28.4. The second-order valence-electron chi connectivity index (χ2n) is 11.1. The standard InChI is InChI=1S/C23H39NO2Si/c1-22-13-11-17(26-27(4,5)6)15-16(22)7-8-18-19-9-10-21(24-25-3)23(19,2)14-12-20(18)22/h12,16-19H,7-11,13-15H2,1-6H3/b24-21+. The van der Waals surface area contributed by atoms with Crippen molar-refractivity contribution >= 4 is 14.0 Å². The summed E-state index contributed by atoms with van der Waals surface area (Å²) in [5.41, 5.74) is 3.76. The zero-order valence-corrected chi connectivity index (χ0v) is 19.3. The van der Waals surface area contributed by atoms with Gasteiger partial charge in [-0.25, -0.2) is 0 Å². The van der Waals surface area contributed by atoms with E-state index in [4.69, 9.17) is 9.26 Å². The Labute approximate surface area is 167 Å². The van der Waals surface area contributed by atoms with Crippen LogP contribution >= 0.6 is 0 Å². The zero-order chi connectivity index (χ0) is 19.4. The summed E-state index contributed by atoms with van der Waals surface area (Å²) in [6.07, 6.45) is 13.3. The SMILES string of the molecule is CO/N=C1\CCC2C3CCC4CC(O[Si](C)(C)C)CCC4(C)C3=CCC12C. The third-order valence-electron chi connectivity index (χ3n) is 8.44. The zero-order valence-electron chi connectivity index (χ0n) is 18.3. The third-order valence-corrected chi connectivity index (χ3v) is 9.48. The molecular formula is C23H39NO2Si. The Morgan fingerprint density at radius 3 is 2.56 bits per heavy atom. The van der Waals surface area contributed by atoms with E-state index in [0.717, 1.165) is 30.6 Å². The van der Waals surface area contributed by atoms with Crippen LogP contribution in [-0.2, 0) is 9.26 Å². The molecular weight excluding hydrogens is 350 g/mol. The molecule has 0 amide bonds. The minimum absolute atomic E-state index is 0.228. The molecule has 3 nitrogen and oxygen atoms in total. The summed E-state index contributed by atoms with van der Waals surface area (Å²) in [5.74, 6) is 2.34. The Balaban J connectivity index is 1.57. The molecule has 0 aromatic heterocycles. The van der Waals surface area contributed by atoms with Crippen molar-refractivity contribution in [1.29, 1.82) is 0 Å². The largest absolute Gasteiger partial charge is 0.415 e. The molecule has 0 saturated heterocycles. The molecule has 27 heavy (non-hydrogen) atoms. The second kappa shape index (κ2) is 6.72. The van der Waals surface area contributed by atoms with Gasteiger partial charge in [-0.05, 0) is 94.2 Å². The van der Waals surface area contributed by atoms with Gasteiger partial charge in [-0.3, -0.25) is 0 Å². The number of rotatable bonds is 3. The van der Waals surface area contributed by atoms with E-state index in [1.807, 2.05) is 5.57 Å². The predicted molar refractivity (Wildman–Crippen MR) is 114 cm³/mol. The van der Waals surface area contributed by atoms with Crippen molar-refractivity contribution in [2.75, 3.05) is 7.11 Å². The van der Waals surface area contributed by atoms with Crippen molar-refractivity contribution in [3.63, 3.8) is 0 Å². The lowest BCUT2D eigenvalue weighted by Gasteiger charge is -2.56. The van der Waals surface area contributed by atoms with Crippen LogP contribution < -0.4 is 0 Å². The number of hydrogen-bond acceptors (Lipinski definition) is 3. The van der Waals surface area contributed by atoms with Crippen LogP contribution in [0.25, 0.3) is 0 Å². The quantitative estimate of drug-likeness (QED) is 0.328. The lowest BCUT2D eigenvalue weighted by molar-refractivity contribution is 0.00334. The molecule has 0 aliphatic heterocycles. The van der Waals surface area contributed by atoms with E-state index >= 15 is 0 Å². The summed E-state index contributed by atoms with van der Waals surface area (Å²) in [6, 6.07) is 0. The topological polar surface area (TPSA) is 30.8 Å². The van der Waals surface area contributed by atoms with Crippen molar-refractivity contribution in [1.82, 2.24) is 0 Å². The van der Waals surface area contributed by atoms with E-state index in [1.54, 1.807) is 7.11 Å². The van der Waals surface area contributed by atoms with Gasteiger partial charge in [0.25, 0.3) is 0 Å². The fraction of sp³-hybridized carbons (Fsp3) is 0.870. The lowest BCUT2D eigenvalue weighted by atomic mass is 9.49. The van der Waals surface area contributed by atoms with Gasteiger partial charge in [0, 0.05) is 11.5 Å². The molecule has 3 fully saturated rings. The van der Waals surface area contributed by atoms with Gasteiger partial charge in [-0.2, -0.15) is 0 Å². The summed E-state index contributed by atoms with van der Waals surface area (Å²) in [4.78, 5) is 5.19. The smallest absolute Gasteiger partial charge is 0.184 e. The van der Waals surface area contributed by atoms with E-state index in [9.17, 15) is 0 Å². The summed E-state index contributed by atoms with van der Waals surface area (Å²) in [5, 5.41) is 4.43. The Bertz CT molecular complexity index is 651. The van der Waals surface area contributed by atoms with Gasteiger partial charge >= 0.3 is 0 Å². The van der Waals surface area contributed by atoms with E-state index in [2.05, 4.69) is 44.7 Å². The average molecular weight is 390 g/mol. The van der Waals surface area contributed by atoms with Crippen LogP contribution in [0.1, 0.15) is 65.2 Å². The first-order valence-corrected chi connectivity index (χ1v) is 14.6. The Morgan fingerprint density at radius 2 is 1.85 bits per heavy atom. The number of oxime groups is 1. The minimum Gasteiger partial charge on any atom is -0.415 e. The van der Waals surface area contributed by atoms with Crippen molar-refractivity contribution < 1.29 is 9.26 Å². The molecule has 4 heteroatoms. The van der Waals surface area contributed by atoms with Crippen LogP contribution in [0.3, 0.4) is 0 Å². The molecule has 152 valence electrons. The lowest BCUT2D eigenvalue weighted by Crippen LogP contribution is -2.49. The highest BCUT2D eigenvalue weighted by Crippen LogP contribution is 2.63. The van der Waals surface area contributed by atoms with Crippen LogP contribution in [0.5, 0.6) is 0 Å². The Hall–Kier alpha value is -0.613. The first kappa shape index (κ1) is 19.7. The summed E-state index contributed by atoms with van der Waals surface area (Å²) in [6.45, 7) is 12.0. The molecule has 4 aliphatic carbocycles. The molecule has 0 heterocycles. The fourth-order valence-corrected chi connectivity index (χ4v) is 8.37. The van der Waals surface area contributed by atoms with Gasteiger partial charge in [0.1, 0.15) is 7.11 Å². The van der Waals surface area contributed by atoms with Crippen molar-refractivity contribution in [3.8, 4) is 0 Å². The minimum atomic E-state index is -1.44. The molecule has 0 aromatic carbocycles. The fourth-order valence-electron chi connectivity index (χ4n) is 7.15. The van der Waals surface area contributed by atoms with Crippen LogP contribution in [0.4, 0.5) is 0 Å². The molecule has 0 bridgehead atoms. The third kappa shape index (κ3) is 3.25. The maximum Gasteiger partial charge on any atom is 0.184 e. The second-order valence-corrected chi connectivity index (χ2v) is 15.5. The predicted octanol–water partition coefficient (Wildman–Crippen LogP) is 6.17. The molecule has 0 aromatic rings. The van der Waals surface area contributed by atoms with E-state index in [0.29, 0.717) is 11.5 Å². The molecule has 6 atom stereocenters. The summed E-state index contributed by atoms with van der Waals surface area (Å²) >= 11 is 0. The highest BCUT2D eigenvalue weighted by Gasteiger charge is 2.56. The molecule has 0 radical (unpaired) electrons. The van der Waals surface area contributed by atoms with Crippen LogP contribution in [0, 0.1) is 28.6 Å². The molecule has 3 saturated carbocycles. The van der Waals surface area contributed by atoms with Crippen molar-refractivity contribution in [2.45, 2.75) is 91.0 Å².